The highest BCUT2D eigenvalue weighted by Gasteiger charge is 2.32. The Morgan fingerprint density at radius 3 is 2.69 bits per heavy atom. The molecule has 1 aromatic rings. The molecule has 1 unspecified atom stereocenters. The van der Waals surface area contributed by atoms with Crippen molar-refractivity contribution in [3.8, 4) is 5.75 Å². The van der Waals surface area contributed by atoms with E-state index in [2.05, 4.69) is 33.2 Å². The molecule has 5 nitrogen and oxygen atoms in total. The fourth-order valence-electron chi connectivity index (χ4n) is 1.57. The van der Waals surface area contributed by atoms with Crippen LogP contribution in [0.25, 0.3) is 0 Å². The third-order valence-corrected chi connectivity index (χ3v) is 2.95. The predicted molar refractivity (Wildman–Crippen MR) is 65.1 cm³/mol. The summed E-state index contributed by atoms with van der Waals surface area (Å²) in [6, 6.07) is 4.31. The maximum Gasteiger partial charge on any atom is 0.322 e. The lowest BCUT2D eigenvalue weighted by Crippen LogP contribution is -2.22. The SMILES string of the molecule is COc1ccc(I)cc1C1NC(=O)NC1=O. The van der Waals surface area contributed by atoms with Crippen molar-refractivity contribution in [1.82, 2.24) is 10.6 Å². The van der Waals surface area contributed by atoms with Crippen LogP contribution < -0.4 is 15.4 Å². The fraction of sp³-hybridized carbons (Fsp3) is 0.200. The van der Waals surface area contributed by atoms with Gasteiger partial charge in [0.1, 0.15) is 11.8 Å². The molecule has 1 fully saturated rings. The van der Waals surface area contributed by atoms with Crippen molar-refractivity contribution in [2.24, 2.45) is 0 Å². The normalized spacial score (nSPS) is 19.2. The predicted octanol–water partition coefficient (Wildman–Crippen LogP) is 1.18. The molecule has 1 saturated heterocycles. The van der Waals surface area contributed by atoms with E-state index in [1.54, 1.807) is 6.07 Å². The first-order valence-electron chi connectivity index (χ1n) is 4.56. The minimum absolute atomic E-state index is 0.356. The lowest BCUT2D eigenvalue weighted by atomic mass is 10.1. The molecule has 16 heavy (non-hydrogen) atoms. The zero-order valence-electron chi connectivity index (χ0n) is 8.41. The molecule has 0 radical (unpaired) electrons. The first-order chi connectivity index (χ1) is 7.61. The van der Waals surface area contributed by atoms with Crippen LogP contribution in [0.15, 0.2) is 18.2 Å². The number of nitrogens with one attached hydrogen (secondary N) is 2. The molecule has 1 aromatic carbocycles. The van der Waals surface area contributed by atoms with Crippen molar-refractivity contribution >= 4 is 34.5 Å². The summed E-state index contributed by atoms with van der Waals surface area (Å²) >= 11 is 2.14. The first-order valence-corrected chi connectivity index (χ1v) is 5.64. The van der Waals surface area contributed by atoms with E-state index in [4.69, 9.17) is 4.74 Å². The van der Waals surface area contributed by atoms with E-state index < -0.39 is 12.1 Å². The number of urea groups is 1. The minimum Gasteiger partial charge on any atom is -0.496 e. The first kappa shape index (κ1) is 11.2. The molecule has 6 heteroatoms. The van der Waals surface area contributed by atoms with Gasteiger partial charge in [0.2, 0.25) is 0 Å². The maximum absolute atomic E-state index is 11.5. The second kappa shape index (κ2) is 4.28. The molecule has 1 aliphatic rings. The number of amides is 3. The van der Waals surface area contributed by atoms with Crippen molar-refractivity contribution in [3.05, 3.63) is 27.3 Å². The van der Waals surface area contributed by atoms with Crippen molar-refractivity contribution in [2.75, 3.05) is 7.11 Å². The van der Waals surface area contributed by atoms with Crippen LogP contribution in [-0.4, -0.2) is 19.0 Å². The topological polar surface area (TPSA) is 67.4 Å². The average molecular weight is 332 g/mol. The van der Waals surface area contributed by atoms with Gasteiger partial charge in [0.15, 0.2) is 0 Å². The van der Waals surface area contributed by atoms with Gasteiger partial charge >= 0.3 is 6.03 Å². The molecule has 3 amide bonds. The number of hydrogen-bond acceptors (Lipinski definition) is 3. The van der Waals surface area contributed by atoms with E-state index in [0.29, 0.717) is 11.3 Å². The Bertz CT molecular complexity index is 461. The number of hydrogen-bond donors (Lipinski definition) is 2. The van der Waals surface area contributed by atoms with Gasteiger partial charge in [-0.2, -0.15) is 0 Å². The number of benzene rings is 1. The molecule has 84 valence electrons. The van der Waals surface area contributed by atoms with Gasteiger partial charge in [-0.05, 0) is 40.8 Å². The van der Waals surface area contributed by atoms with Gasteiger partial charge < -0.3 is 10.1 Å². The van der Waals surface area contributed by atoms with Gasteiger partial charge in [0.25, 0.3) is 5.91 Å². The molecular formula is C10H9IN2O3. The van der Waals surface area contributed by atoms with Crippen LogP contribution in [0.2, 0.25) is 0 Å². The summed E-state index contributed by atoms with van der Waals surface area (Å²) in [4.78, 5) is 22.5. The molecule has 1 atom stereocenters. The molecule has 0 spiro atoms. The zero-order valence-corrected chi connectivity index (χ0v) is 10.6. The van der Waals surface area contributed by atoms with Crippen molar-refractivity contribution in [2.45, 2.75) is 6.04 Å². The van der Waals surface area contributed by atoms with Crippen LogP contribution in [0, 0.1) is 3.57 Å². The lowest BCUT2D eigenvalue weighted by Gasteiger charge is -2.12. The van der Waals surface area contributed by atoms with Crippen molar-refractivity contribution < 1.29 is 14.3 Å². The summed E-state index contributed by atoms with van der Waals surface area (Å²) in [6.07, 6.45) is 0. The molecule has 0 bridgehead atoms. The lowest BCUT2D eigenvalue weighted by molar-refractivity contribution is -0.120. The number of halogens is 1. The summed E-state index contributed by atoms with van der Waals surface area (Å²) in [5.41, 5.74) is 0.665. The minimum atomic E-state index is -0.669. The third-order valence-electron chi connectivity index (χ3n) is 2.28. The van der Waals surface area contributed by atoms with E-state index in [9.17, 15) is 9.59 Å². The summed E-state index contributed by atoms with van der Waals surface area (Å²) in [5, 5.41) is 4.73. The number of rotatable bonds is 2. The Hall–Kier alpha value is -1.31. The Labute approximate surface area is 106 Å². The van der Waals surface area contributed by atoms with E-state index in [1.165, 1.54) is 7.11 Å². The Kier molecular flexibility index (Phi) is 2.99. The highest BCUT2D eigenvalue weighted by atomic mass is 127. The largest absolute Gasteiger partial charge is 0.496 e. The molecule has 0 aliphatic carbocycles. The molecule has 0 saturated carbocycles. The summed E-state index contributed by atoms with van der Waals surface area (Å²) in [6.45, 7) is 0. The smallest absolute Gasteiger partial charge is 0.322 e. The van der Waals surface area contributed by atoms with E-state index in [1.807, 2.05) is 12.1 Å². The standard InChI is InChI=1S/C10H9IN2O3/c1-16-7-3-2-5(11)4-6(7)8-9(14)13-10(15)12-8/h2-4,8H,1H3,(H2,12,13,14,15). The van der Waals surface area contributed by atoms with Gasteiger partial charge in [-0.25, -0.2) is 4.79 Å². The summed E-state index contributed by atoms with van der Waals surface area (Å²) in [5.74, 6) is 0.230. The number of ether oxygens (including phenoxy) is 1. The second-order valence-corrected chi connectivity index (χ2v) is 4.53. The molecule has 2 N–H and O–H groups in total. The maximum atomic E-state index is 11.5. The third kappa shape index (κ3) is 1.97. The average Bonchev–Trinajstić information content (AvgIpc) is 2.57. The molecule has 0 aromatic heterocycles. The highest BCUT2D eigenvalue weighted by Crippen LogP contribution is 2.28. The fourth-order valence-corrected chi connectivity index (χ4v) is 2.08. The van der Waals surface area contributed by atoms with Crippen LogP contribution in [0.5, 0.6) is 5.75 Å². The summed E-state index contributed by atoms with van der Waals surface area (Å²) in [7, 11) is 1.53. The van der Waals surface area contributed by atoms with Crippen LogP contribution in [-0.2, 0) is 4.79 Å². The Balaban J connectivity index is 2.42. The zero-order chi connectivity index (χ0) is 11.7. The Morgan fingerprint density at radius 2 is 2.12 bits per heavy atom. The van der Waals surface area contributed by atoms with E-state index in [-0.39, 0.29) is 5.91 Å². The monoisotopic (exact) mass is 332 g/mol. The molecular weight excluding hydrogens is 323 g/mol. The summed E-state index contributed by atoms with van der Waals surface area (Å²) < 4.78 is 6.14. The highest BCUT2D eigenvalue weighted by molar-refractivity contribution is 14.1. The number of carbonyl (C=O) groups is 2. The number of imide groups is 1. The Morgan fingerprint density at radius 1 is 1.38 bits per heavy atom. The van der Waals surface area contributed by atoms with Crippen molar-refractivity contribution in [3.63, 3.8) is 0 Å². The van der Waals surface area contributed by atoms with Gasteiger partial charge in [0.05, 0.1) is 7.11 Å². The van der Waals surface area contributed by atoms with Gasteiger partial charge in [-0.15, -0.1) is 0 Å². The molecule has 1 heterocycles. The van der Waals surface area contributed by atoms with Crippen LogP contribution in [0.4, 0.5) is 4.79 Å². The quantitative estimate of drug-likeness (QED) is 0.631. The van der Waals surface area contributed by atoms with Crippen LogP contribution in [0.1, 0.15) is 11.6 Å². The van der Waals surface area contributed by atoms with Gasteiger partial charge in [-0.3, -0.25) is 10.1 Å². The van der Waals surface area contributed by atoms with Crippen LogP contribution >= 0.6 is 22.6 Å². The molecule has 2 rings (SSSR count). The van der Waals surface area contributed by atoms with E-state index >= 15 is 0 Å². The molecule has 1 aliphatic heterocycles. The number of methoxy groups -OCH3 is 1. The van der Waals surface area contributed by atoms with E-state index in [0.717, 1.165) is 3.57 Å². The van der Waals surface area contributed by atoms with Crippen molar-refractivity contribution in [1.29, 1.82) is 0 Å². The number of carbonyl (C=O) groups excluding carboxylic acids is 2. The van der Waals surface area contributed by atoms with Crippen LogP contribution in [0.3, 0.4) is 0 Å². The van der Waals surface area contributed by atoms with Gasteiger partial charge in [0, 0.05) is 9.13 Å². The second-order valence-electron chi connectivity index (χ2n) is 3.28. The van der Waals surface area contributed by atoms with Gasteiger partial charge in [-0.1, -0.05) is 0 Å².